The van der Waals surface area contributed by atoms with E-state index in [4.69, 9.17) is 9.84 Å². The fourth-order valence-electron chi connectivity index (χ4n) is 2.46. The third-order valence-electron chi connectivity index (χ3n) is 3.46. The van der Waals surface area contributed by atoms with Gasteiger partial charge < -0.3 is 14.2 Å². The Morgan fingerprint density at radius 3 is 3.15 bits per heavy atom. The van der Waals surface area contributed by atoms with Gasteiger partial charge in [0, 0.05) is 32.0 Å². The highest BCUT2D eigenvalue weighted by atomic mass is 16.5. The van der Waals surface area contributed by atoms with Crippen LogP contribution in [0.2, 0.25) is 0 Å². The molecule has 0 amide bonds. The molecule has 0 bridgehead atoms. The van der Waals surface area contributed by atoms with Crippen LogP contribution in [0.1, 0.15) is 11.3 Å². The number of aromatic nitrogens is 2. The molecule has 1 unspecified atom stereocenters. The van der Waals surface area contributed by atoms with Gasteiger partial charge in [0.05, 0.1) is 12.3 Å². The van der Waals surface area contributed by atoms with Gasteiger partial charge in [0.1, 0.15) is 5.65 Å². The number of ether oxygens (including phenoxy) is 1. The zero-order valence-corrected chi connectivity index (χ0v) is 11.3. The number of imidazole rings is 1. The van der Waals surface area contributed by atoms with Crippen molar-refractivity contribution in [1.29, 1.82) is 0 Å². The number of carboxylic acids is 1. The first-order valence-electron chi connectivity index (χ1n) is 6.63. The van der Waals surface area contributed by atoms with E-state index in [0.717, 1.165) is 17.9 Å². The molecule has 0 spiro atoms. The molecule has 2 aromatic rings. The summed E-state index contributed by atoms with van der Waals surface area (Å²) in [6.07, 6.45) is 3.29. The zero-order valence-electron chi connectivity index (χ0n) is 11.3. The van der Waals surface area contributed by atoms with Gasteiger partial charge in [-0.05, 0) is 18.6 Å². The van der Waals surface area contributed by atoms with Crippen LogP contribution in [0.5, 0.6) is 0 Å². The van der Waals surface area contributed by atoms with Gasteiger partial charge in [-0.1, -0.05) is 6.07 Å². The molecule has 0 aromatic carbocycles. The number of rotatable bonds is 3. The second-order valence-electron chi connectivity index (χ2n) is 5.14. The van der Waals surface area contributed by atoms with Crippen LogP contribution < -0.4 is 0 Å². The topological polar surface area (TPSA) is 67.1 Å². The summed E-state index contributed by atoms with van der Waals surface area (Å²) >= 11 is 0. The van der Waals surface area contributed by atoms with Crippen molar-refractivity contribution in [2.45, 2.75) is 19.6 Å². The molecule has 2 aromatic heterocycles. The van der Waals surface area contributed by atoms with Gasteiger partial charge in [0.25, 0.3) is 0 Å². The lowest BCUT2D eigenvalue weighted by molar-refractivity contribution is -0.156. The van der Waals surface area contributed by atoms with E-state index in [2.05, 4.69) is 9.88 Å². The smallest absolute Gasteiger partial charge is 0.334 e. The maximum atomic E-state index is 11.0. The molecular weight excluding hydrogens is 258 g/mol. The summed E-state index contributed by atoms with van der Waals surface area (Å²) in [4.78, 5) is 17.6. The quantitative estimate of drug-likeness (QED) is 0.902. The highest BCUT2D eigenvalue weighted by Crippen LogP contribution is 2.12. The first-order valence-corrected chi connectivity index (χ1v) is 6.63. The van der Waals surface area contributed by atoms with Crippen molar-refractivity contribution < 1.29 is 14.6 Å². The van der Waals surface area contributed by atoms with Crippen molar-refractivity contribution >= 4 is 11.6 Å². The van der Waals surface area contributed by atoms with E-state index in [1.54, 1.807) is 0 Å². The molecule has 0 radical (unpaired) electrons. The number of aryl methyl sites for hydroxylation is 1. The summed E-state index contributed by atoms with van der Waals surface area (Å²) in [5.41, 5.74) is 3.04. The number of fused-ring (bicyclic) bond motifs is 1. The van der Waals surface area contributed by atoms with Gasteiger partial charge in [-0.2, -0.15) is 0 Å². The Morgan fingerprint density at radius 1 is 1.50 bits per heavy atom. The fourth-order valence-corrected chi connectivity index (χ4v) is 2.46. The van der Waals surface area contributed by atoms with E-state index in [-0.39, 0.29) is 0 Å². The van der Waals surface area contributed by atoms with Crippen LogP contribution in [0, 0.1) is 6.92 Å². The van der Waals surface area contributed by atoms with Crippen LogP contribution in [0.25, 0.3) is 5.65 Å². The van der Waals surface area contributed by atoms with Crippen molar-refractivity contribution in [1.82, 2.24) is 14.3 Å². The Balaban J connectivity index is 1.74. The summed E-state index contributed by atoms with van der Waals surface area (Å²) in [6, 6.07) is 4.01. The van der Waals surface area contributed by atoms with Crippen LogP contribution in [-0.2, 0) is 16.1 Å². The molecule has 3 heterocycles. The lowest BCUT2D eigenvalue weighted by atomic mass is 10.2. The first-order chi connectivity index (χ1) is 9.61. The van der Waals surface area contributed by atoms with Crippen LogP contribution in [0.3, 0.4) is 0 Å². The molecule has 1 atom stereocenters. The minimum absolute atomic E-state index is 0.405. The molecular formula is C14H17N3O3. The molecule has 106 valence electrons. The van der Waals surface area contributed by atoms with Crippen molar-refractivity contribution in [3.8, 4) is 0 Å². The third kappa shape index (κ3) is 2.66. The minimum atomic E-state index is -0.902. The van der Waals surface area contributed by atoms with Gasteiger partial charge in [0.2, 0.25) is 0 Å². The van der Waals surface area contributed by atoms with Crippen LogP contribution in [0.15, 0.2) is 24.5 Å². The summed E-state index contributed by atoms with van der Waals surface area (Å²) in [7, 11) is 0. The summed E-state index contributed by atoms with van der Waals surface area (Å²) < 4.78 is 7.21. The second-order valence-corrected chi connectivity index (χ2v) is 5.14. The Labute approximate surface area is 116 Å². The fraction of sp³-hybridized carbons (Fsp3) is 0.429. The number of hydrogen-bond acceptors (Lipinski definition) is 4. The van der Waals surface area contributed by atoms with Crippen molar-refractivity contribution in [2.75, 3.05) is 19.7 Å². The maximum Gasteiger partial charge on any atom is 0.334 e. The normalized spacial score (nSPS) is 20.4. The molecule has 3 rings (SSSR count). The van der Waals surface area contributed by atoms with Crippen LogP contribution >= 0.6 is 0 Å². The molecule has 1 aliphatic rings. The number of carboxylic acid groups (broad SMARTS) is 1. The Hall–Kier alpha value is -1.92. The average molecular weight is 275 g/mol. The molecule has 0 aliphatic carbocycles. The summed E-state index contributed by atoms with van der Waals surface area (Å²) in [6.45, 7) is 4.27. The molecule has 1 N–H and O–H groups in total. The Morgan fingerprint density at radius 2 is 2.35 bits per heavy atom. The zero-order chi connectivity index (χ0) is 14.1. The second kappa shape index (κ2) is 5.22. The van der Waals surface area contributed by atoms with Gasteiger partial charge in [0.15, 0.2) is 6.10 Å². The largest absolute Gasteiger partial charge is 0.479 e. The van der Waals surface area contributed by atoms with E-state index in [9.17, 15) is 4.79 Å². The highest BCUT2D eigenvalue weighted by Gasteiger charge is 2.26. The summed E-state index contributed by atoms with van der Waals surface area (Å²) in [5, 5.41) is 9.00. The number of hydrogen-bond donors (Lipinski definition) is 1. The SMILES string of the molecule is Cc1ccc2nc(CN3CCOC(C(=O)O)C3)cn2c1. The molecule has 6 heteroatoms. The number of nitrogens with zero attached hydrogens (tertiary/aromatic N) is 3. The van der Waals surface area contributed by atoms with E-state index in [0.29, 0.717) is 19.7 Å². The molecule has 1 saturated heterocycles. The lowest BCUT2D eigenvalue weighted by Crippen LogP contribution is -2.45. The van der Waals surface area contributed by atoms with E-state index in [1.165, 1.54) is 5.56 Å². The lowest BCUT2D eigenvalue weighted by Gasteiger charge is -2.30. The predicted molar refractivity (Wildman–Crippen MR) is 72.6 cm³/mol. The maximum absolute atomic E-state index is 11.0. The molecule has 1 aliphatic heterocycles. The summed E-state index contributed by atoms with van der Waals surface area (Å²) in [5.74, 6) is -0.902. The average Bonchev–Trinajstić information content (AvgIpc) is 2.80. The third-order valence-corrected chi connectivity index (χ3v) is 3.46. The van der Waals surface area contributed by atoms with Gasteiger partial charge in [-0.15, -0.1) is 0 Å². The van der Waals surface area contributed by atoms with Crippen LogP contribution in [-0.4, -0.2) is 51.2 Å². The molecule has 1 fully saturated rings. The molecule has 6 nitrogen and oxygen atoms in total. The standard InChI is InChI=1S/C14H17N3O3/c1-10-2-3-13-15-11(8-17(13)6-10)7-16-4-5-20-12(9-16)14(18)19/h2-3,6,8,12H,4-5,7,9H2,1H3,(H,18,19). The first kappa shape index (κ1) is 13.1. The number of carbonyl (C=O) groups is 1. The van der Waals surface area contributed by atoms with E-state index < -0.39 is 12.1 Å². The van der Waals surface area contributed by atoms with Crippen LogP contribution in [0.4, 0.5) is 0 Å². The van der Waals surface area contributed by atoms with Crippen molar-refractivity contribution in [3.63, 3.8) is 0 Å². The van der Waals surface area contributed by atoms with Crippen molar-refractivity contribution in [3.05, 3.63) is 35.8 Å². The Bertz CT molecular complexity index is 638. The predicted octanol–water partition coefficient (Wildman–Crippen LogP) is 0.928. The number of pyridine rings is 1. The van der Waals surface area contributed by atoms with Gasteiger partial charge >= 0.3 is 5.97 Å². The Kier molecular flexibility index (Phi) is 3.42. The molecule has 0 saturated carbocycles. The van der Waals surface area contributed by atoms with Gasteiger partial charge in [-0.3, -0.25) is 4.90 Å². The van der Waals surface area contributed by atoms with E-state index in [1.807, 2.05) is 35.9 Å². The minimum Gasteiger partial charge on any atom is -0.479 e. The van der Waals surface area contributed by atoms with E-state index >= 15 is 0 Å². The number of aliphatic carboxylic acids is 1. The highest BCUT2D eigenvalue weighted by molar-refractivity contribution is 5.72. The van der Waals surface area contributed by atoms with Gasteiger partial charge in [-0.25, -0.2) is 9.78 Å². The monoisotopic (exact) mass is 275 g/mol. The number of morpholine rings is 1. The van der Waals surface area contributed by atoms with Crippen molar-refractivity contribution in [2.24, 2.45) is 0 Å². The molecule has 20 heavy (non-hydrogen) atoms.